The first-order valence-corrected chi connectivity index (χ1v) is 9.58. The Bertz CT molecular complexity index is 1070. The van der Waals surface area contributed by atoms with Crippen molar-refractivity contribution in [3.63, 3.8) is 0 Å². The molecule has 3 aromatic rings. The Morgan fingerprint density at radius 1 is 1.25 bits per heavy atom. The topological polar surface area (TPSA) is 57.8 Å². The normalized spacial score (nSPS) is 12.6. The molecule has 0 saturated carbocycles. The van der Waals surface area contributed by atoms with Crippen LogP contribution in [0.4, 0.5) is 0 Å². The largest absolute Gasteiger partial charge is 0.349 e. The summed E-state index contributed by atoms with van der Waals surface area (Å²) in [7, 11) is 0. The number of hydrogen-bond acceptors (Lipinski definition) is 2. The van der Waals surface area contributed by atoms with Gasteiger partial charge in [0.15, 0.2) is 0 Å². The van der Waals surface area contributed by atoms with Crippen LogP contribution in [0.1, 0.15) is 37.0 Å². The van der Waals surface area contributed by atoms with Gasteiger partial charge in [-0.15, -0.1) is 0 Å². The van der Waals surface area contributed by atoms with E-state index in [1.165, 1.54) is 11.1 Å². The minimum absolute atomic E-state index is 0.0342. The number of amides is 1. The van der Waals surface area contributed by atoms with Crippen molar-refractivity contribution in [1.29, 1.82) is 5.26 Å². The van der Waals surface area contributed by atoms with Gasteiger partial charge in [-0.25, -0.2) is 0 Å². The lowest BCUT2D eigenvalue weighted by atomic mass is 10.1. The lowest BCUT2D eigenvalue weighted by Gasteiger charge is -2.10. The van der Waals surface area contributed by atoms with Crippen molar-refractivity contribution in [1.82, 2.24) is 9.88 Å². The fourth-order valence-corrected chi connectivity index (χ4v) is 3.24. The van der Waals surface area contributed by atoms with Gasteiger partial charge in [0.1, 0.15) is 11.6 Å². The number of para-hydroxylation sites is 1. The van der Waals surface area contributed by atoms with E-state index in [1.54, 1.807) is 6.08 Å². The van der Waals surface area contributed by atoms with Crippen molar-refractivity contribution in [2.75, 3.05) is 0 Å². The zero-order valence-corrected chi connectivity index (χ0v) is 16.6. The SMILES string of the molecule is CC[C@@H](C)NC(=O)/C(C#N)=C/c1cn(Cc2cccc(C)c2)c2ccccc12. The molecule has 2 aromatic carbocycles. The molecule has 0 fully saturated rings. The molecule has 3 rings (SSSR count). The van der Waals surface area contributed by atoms with Crippen LogP contribution in [0.3, 0.4) is 0 Å². The molecule has 28 heavy (non-hydrogen) atoms. The zero-order valence-electron chi connectivity index (χ0n) is 16.6. The number of nitrogens with one attached hydrogen (secondary N) is 1. The highest BCUT2D eigenvalue weighted by Gasteiger charge is 2.14. The standard InChI is InChI=1S/C24H25N3O/c1-4-18(3)26-24(28)20(14-25)13-21-16-27(23-11-6-5-10-22(21)23)15-19-9-7-8-17(2)12-19/h5-13,16,18H,4,15H2,1-3H3,(H,26,28)/b20-13+/t18-/m1/s1. The average Bonchev–Trinajstić information content (AvgIpc) is 3.03. The van der Waals surface area contributed by atoms with Gasteiger partial charge in [0.05, 0.1) is 0 Å². The Morgan fingerprint density at radius 2 is 2.04 bits per heavy atom. The number of carbonyl (C=O) groups excluding carboxylic acids is 1. The van der Waals surface area contributed by atoms with Crippen molar-refractivity contribution in [2.45, 2.75) is 39.8 Å². The molecule has 0 aliphatic carbocycles. The summed E-state index contributed by atoms with van der Waals surface area (Å²) in [4.78, 5) is 12.4. The minimum atomic E-state index is -0.327. The Labute approximate surface area is 166 Å². The van der Waals surface area contributed by atoms with E-state index in [0.717, 1.165) is 29.4 Å². The van der Waals surface area contributed by atoms with Gasteiger partial charge in [0.2, 0.25) is 0 Å². The quantitative estimate of drug-likeness (QED) is 0.499. The number of aryl methyl sites for hydroxylation is 1. The number of hydrogen-bond donors (Lipinski definition) is 1. The first-order valence-electron chi connectivity index (χ1n) is 9.58. The second-order valence-corrected chi connectivity index (χ2v) is 7.17. The van der Waals surface area contributed by atoms with Crippen molar-refractivity contribution in [3.8, 4) is 6.07 Å². The fraction of sp³-hybridized carbons (Fsp3) is 0.250. The summed E-state index contributed by atoms with van der Waals surface area (Å²) in [5.74, 6) is -0.327. The predicted molar refractivity (Wildman–Crippen MR) is 114 cm³/mol. The summed E-state index contributed by atoms with van der Waals surface area (Å²) >= 11 is 0. The van der Waals surface area contributed by atoms with E-state index in [0.29, 0.717) is 0 Å². The maximum absolute atomic E-state index is 12.4. The van der Waals surface area contributed by atoms with Gasteiger partial charge in [0, 0.05) is 35.2 Å². The van der Waals surface area contributed by atoms with Gasteiger partial charge in [-0.2, -0.15) is 5.26 Å². The number of carbonyl (C=O) groups is 1. The van der Waals surface area contributed by atoms with E-state index in [1.807, 2.05) is 38.2 Å². The molecule has 0 radical (unpaired) electrons. The Hall–Kier alpha value is -3.32. The van der Waals surface area contributed by atoms with Crippen molar-refractivity contribution in [3.05, 3.63) is 77.0 Å². The maximum atomic E-state index is 12.4. The molecule has 0 aliphatic rings. The van der Waals surface area contributed by atoms with Crippen LogP contribution < -0.4 is 5.32 Å². The lowest BCUT2D eigenvalue weighted by Crippen LogP contribution is -2.32. The van der Waals surface area contributed by atoms with Gasteiger partial charge >= 0.3 is 0 Å². The number of rotatable bonds is 6. The number of nitriles is 1. The molecule has 1 heterocycles. The van der Waals surface area contributed by atoms with Crippen LogP contribution in [-0.4, -0.2) is 16.5 Å². The second kappa shape index (κ2) is 8.58. The molecule has 0 unspecified atom stereocenters. The molecule has 1 atom stereocenters. The van der Waals surface area contributed by atoms with Crippen LogP contribution in [0, 0.1) is 18.3 Å². The van der Waals surface area contributed by atoms with E-state index in [9.17, 15) is 10.1 Å². The van der Waals surface area contributed by atoms with Crippen LogP contribution in [0.25, 0.3) is 17.0 Å². The molecule has 142 valence electrons. The minimum Gasteiger partial charge on any atom is -0.349 e. The third kappa shape index (κ3) is 4.32. The van der Waals surface area contributed by atoms with Gasteiger partial charge in [0.25, 0.3) is 5.91 Å². The summed E-state index contributed by atoms with van der Waals surface area (Å²) in [6, 6.07) is 18.6. The van der Waals surface area contributed by atoms with Crippen LogP contribution in [0.2, 0.25) is 0 Å². The third-order valence-corrected chi connectivity index (χ3v) is 4.91. The molecular formula is C24H25N3O. The van der Waals surface area contributed by atoms with E-state index in [2.05, 4.69) is 53.2 Å². The molecule has 1 amide bonds. The third-order valence-electron chi connectivity index (χ3n) is 4.91. The van der Waals surface area contributed by atoms with Crippen LogP contribution >= 0.6 is 0 Å². The van der Waals surface area contributed by atoms with E-state index in [-0.39, 0.29) is 17.5 Å². The zero-order chi connectivity index (χ0) is 20.1. The van der Waals surface area contributed by atoms with E-state index in [4.69, 9.17) is 0 Å². The van der Waals surface area contributed by atoms with Gasteiger partial charge in [-0.1, -0.05) is 55.0 Å². The molecule has 0 aliphatic heterocycles. The van der Waals surface area contributed by atoms with Crippen LogP contribution in [0.15, 0.2) is 60.3 Å². The van der Waals surface area contributed by atoms with Crippen molar-refractivity contribution in [2.24, 2.45) is 0 Å². The summed E-state index contributed by atoms with van der Waals surface area (Å²) in [5, 5.41) is 13.4. The summed E-state index contributed by atoms with van der Waals surface area (Å²) in [6.45, 7) is 6.75. The molecule has 0 spiro atoms. The number of benzene rings is 2. The number of aromatic nitrogens is 1. The highest BCUT2D eigenvalue weighted by Crippen LogP contribution is 2.25. The van der Waals surface area contributed by atoms with Crippen molar-refractivity contribution < 1.29 is 4.79 Å². The second-order valence-electron chi connectivity index (χ2n) is 7.17. The monoisotopic (exact) mass is 371 g/mol. The number of nitrogens with zero attached hydrogens (tertiary/aromatic N) is 2. The Kier molecular flexibility index (Phi) is 5.96. The van der Waals surface area contributed by atoms with Gasteiger partial charge in [-0.05, 0) is 38.0 Å². The van der Waals surface area contributed by atoms with Crippen LogP contribution in [-0.2, 0) is 11.3 Å². The molecule has 4 nitrogen and oxygen atoms in total. The van der Waals surface area contributed by atoms with Gasteiger partial charge < -0.3 is 9.88 Å². The highest BCUT2D eigenvalue weighted by molar-refractivity contribution is 6.04. The lowest BCUT2D eigenvalue weighted by molar-refractivity contribution is -0.117. The maximum Gasteiger partial charge on any atom is 0.262 e. The highest BCUT2D eigenvalue weighted by atomic mass is 16.1. The van der Waals surface area contributed by atoms with Gasteiger partial charge in [-0.3, -0.25) is 4.79 Å². The van der Waals surface area contributed by atoms with Crippen LogP contribution in [0.5, 0.6) is 0 Å². The summed E-state index contributed by atoms with van der Waals surface area (Å²) in [5.41, 5.74) is 4.52. The molecule has 0 bridgehead atoms. The average molecular weight is 371 g/mol. The first-order chi connectivity index (χ1) is 13.5. The molecule has 4 heteroatoms. The fourth-order valence-electron chi connectivity index (χ4n) is 3.24. The predicted octanol–water partition coefficient (Wildman–Crippen LogP) is 4.82. The van der Waals surface area contributed by atoms with Crippen molar-refractivity contribution >= 4 is 22.9 Å². The molecule has 1 N–H and O–H groups in total. The Balaban J connectivity index is 2.00. The first kappa shape index (κ1) is 19.4. The molecule has 0 saturated heterocycles. The van der Waals surface area contributed by atoms with E-state index < -0.39 is 0 Å². The summed E-state index contributed by atoms with van der Waals surface area (Å²) in [6.07, 6.45) is 4.52. The molecular weight excluding hydrogens is 346 g/mol. The number of fused-ring (bicyclic) bond motifs is 1. The Morgan fingerprint density at radius 3 is 2.75 bits per heavy atom. The smallest absolute Gasteiger partial charge is 0.262 e. The summed E-state index contributed by atoms with van der Waals surface area (Å²) < 4.78 is 2.16. The molecule has 1 aromatic heterocycles. The van der Waals surface area contributed by atoms with E-state index >= 15 is 0 Å².